The molecule has 0 spiro atoms. The standard InChI is InChI=1S/C25H31N5O.CH2O2/c1-29-12-5-6-19(16-29)26-25-21-8-4-3-7-20(21)24(27-28-25)22-10-9-17(14-23(22)31)18-11-13-30(2)15-18;2-1-3/h3-4,7-10,14,18-19,31H,5-6,11-13,15-16H2,1-2H3,(H,26,28);1H,(H,2,3)/t18?,19-;/m1./s1. The molecule has 2 atom stereocenters. The van der Waals surface area contributed by atoms with Crippen molar-refractivity contribution in [2.75, 3.05) is 45.6 Å². The number of carbonyl (C=O) groups is 1. The largest absolute Gasteiger partial charge is 0.507 e. The van der Waals surface area contributed by atoms with Gasteiger partial charge >= 0.3 is 0 Å². The van der Waals surface area contributed by atoms with Crippen molar-refractivity contribution in [2.45, 2.75) is 31.2 Å². The molecular weight excluding hydrogens is 430 g/mol. The molecule has 3 N–H and O–H groups in total. The number of phenolic OH excluding ortho intramolecular Hbond substituents is 1. The first-order chi connectivity index (χ1) is 16.5. The summed E-state index contributed by atoms with van der Waals surface area (Å²) in [6.07, 6.45) is 3.46. The molecule has 0 aliphatic carbocycles. The Labute approximate surface area is 200 Å². The highest BCUT2D eigenvalue weighted by atomic mass is 16.3. The third kappa shape index (κ3) is 5.29. The minimum absolute atomic E-state index is 0.250. The highest BCUT2D eigenvalue weighted by Crippen LogP contribution is 2.37. The smallest absolute Gasteiger partial charge is 0.290 e. The quantitative estimate of drug-likeness (QED) is 0.504. The van der Waals surface area contributed by atoms with Gasteiger partial charge in [-0.15, -0.1) is 10.2 Å². The van der Waals surface area contributed by atoms with Gasteiger partial charge in [0.15, 0.2) is 5.82 Å². The van der Waals surface area contributed by atoms with Gasteiger partial charge in [0, 0.05) is 35.5 Å². The molecule has 8 heteroatoms. The van der Waals surface area contributed by atoms with Crippen molar-refractivity contribution < 1.29 is 15.0 Å². The molecule has 2 aliphatic rings. The number of aromatic nitrogens is 2. The van der Waals surface area contributed by atoms with E-state index in [9.17, 15) is 5.11 Å². The summed E-state index contributed by atoms with van der Waals surface area (Å²) in [5.41, 5.74) is 2.67. The van der Waals surface area contributed by atoms with Crippen LogP contribution in [0.5, 0.6) is 5.75 Å². The summed E-state index contributed by atoms with van der Waals surface area (Å²) < 4.78 is 0. The number of nitrogens with zero attached hydrogens (tertiary/aromatic N) is 4. The highest BCUT2D eigenvalue weighted by molar-refractivity contribution is 6.00. The van der Waals surface area contributed by atoms with Crippen LogP contribution in [0, 0.1) is 0 Å². The fourth-order valence-corrected chi connectivity index (χ4v) is 5.10. The van der Waals surface area contributed by atoms with Crippen LogP contribution in [0.15, 0.2) is 42.5 Å². The molecule has 2 saturated heterocycles. The van der Waals surface area contributed by atoms with Crippen LogP contribution in [0.1, 0.15) is 30.7 Å². The van der Waals surface area contributed by atoms with Crippen molar-refractivity contribution in [2.24, 2.45) is 0 Å². The number of nitrogens with one attached hydrogen (secondary N) is 1. The summed E-state index contributed by atoms with van der Waals surface area (Å²) in [5.74, 6) is 1.58. The fraction of sp³-hybridized carbons (Fsp3) is 0.423. The van der Waals surface area contributed by atoms with Gasteiger partial charge < -0.3 is 25.3 Å². The molecule has 5 rings (SSSR count). The normalized spacial score (nSPS) is 21.1. The molecule has 34 heavy (non-hydrogen) atoms. The van der Waals surface area contributed by atoms with Crippen LogP contribution in [0.25, 0.3) is 22.0 Å². The average molecular weight is 464 g/mol. The van der Waals surface area contributed by atoms with Crippen LogP contribution in [0.3, 0.4) is 0 Å². The number of carboxylic acid groups (broad SMARTS) is 1. The minimum Gasteiger partial charge on any atom is -0.507 e. The molecule has 2 fully saturated rings. The van der Waals surface area contributed by atoms with Gasteiger partial charge in [0.05, 0.1) is 0 Å². The first-order valence-corrected chi connectivity index (χ1v) is 11.8. The van der Waals surface area contributed by atoms with E-state index in [0.29, 0.717) is 12.0 Å². The maximum absolute atomic E-state index is 10.9. The van der Waals surface area contributed by atoms with Crippen molar-refractivity contribution >= 4 is 23.1 Å². The predicted molar refractivity (Wildman–Crippen MR) is 134 cm³/mol. The van der Waals surface area contributed by atoms with Gasteiger partial charge in [-0.05, 0) is 70.1 Å². The summed E-state index contributed by atoms with van der Waals surface area (Å²) in [7, 11) is 4.31. The van der Waals surface area contributed by atoms with E-state index >= 15 is 0 Å². The number of hydrogen-bond acceptors (Lipinski definition) is 7. The van der Waals surface area contributed by atoms with Gasteiger partial charge in [0.1, 0.15) is 11.4 Å². The first kappa shape index (κ1) is 23.9. The lowest BCUT2D eigenvalue weighted by molar-refractivity contribution is -0.122. The Morgan fingerprint density at radius 2 is 1.74 bits per heavy atom. The second-order valence-electron chi connectivity index (χ2n) is 9.32. The van der Waals surface area contributed by atoms with Crippen molar-refractivity contribution in [1.29, 1.82) is 0 Å². The van der Waals surface area contributed by atoms with E-state index in [-0.39, 0.29) is 12.2 Å². The van der Waals surface area contributed by atoms with Crippen LogP contribution in [0.2, 0.25) is 0 Å². The number of hydrogen-bond donors (Lipinski definition) is 3. The van der Waals surface area contributed by atoms with Gasteiger partial charge in [-0.2, -0.15) is 0 Å². The van der Waals surface area contributed by atoms with Crippen molar-refractivity contribution in [3.63, 3.8) is 0 Å². The third-order valence-corrected chi connectivity index (χ3v) is 6.79. The molecule has 1 aromatic heterocycles. The summed E-state index contributed by atoms with van der Waals surface area (Å²) in [6, 6.07) is 14.6. The number of aromatic hydroxyl groups is 1. The fourth-order valence-electron chi connectivity index (χ4n) is 5.10. The SMILES string of the molecule is CN1CCC(c2ccc(-c3nnc(N[C@@H]4CCCN(C)C4)c4ccccc34)c(O)c2)C1.O=CO. The maximum atomic E-state index is 10.9. The summed E-state index contributed by atoms with van der Waals surface area (Å²) in [4.78, 5) is 13.1. The molecule has 180 valence electrons. The molecule has 8 nitrogen and oxygen atoms in total. The molecule has 0 bridgehead atoms. The van der Waals surface area contributed by atoms with Gasteiger partial charge in [0.25, 0.3) is 6.47 Å². The Kier molecular flexibility index (Phi) is 7.59. The second kappa shape index (κ2) is 10.8. The molecule has 1 unspecified atom stereocenters. The second-order valence-corrected chi connectivity index (χ2v) is 9.32. The van der Waals surface area contributed by atoms with E-state index in [1.165, 1.54) is 12.0 Å². The highest BCUT2D eigenvalue weighted by Gasteiger charge is 2.23. The summed E-state index contributed by atoms with van der Waals surface area (Å²) >= 11 is 0. The van der Waals surface area contributed by atoms with Crippen LogP contribution in [-0.2, 0) is 4.79 Å². The van der Waals surface area contributed by atoms with E-state index in [1.54, 1.807) is 0 Å². The van der Waals surface area contributed by atoms with E-state index in [1.807, 2.05) is 24.3 Å². The first-order valence-electron chi connectivity index (χ1n) is 11.8. The van der Waals surface area contributed by atoms with Crippen molar-refractivity contribution in [3.05, 3.63) is 48.0 Å². The van der Waals surface area contributed by atoms with E-state index in [0.717, 1.165) is 66.9 Å². The molecular formula is C26H33N5O3. The minimum atomic E-state index is -0.250. The molecule has 0 radical (unpaired) electrons. The van der Waals surface area contributed by atoms with Crippen molar-refractivity contribution in [3.8, 4) is 17.0 Å². The van der Waals surface area contributed by atoms with Gasteiger partial charge in [0.2, 0.25) is 0 Å². The molecule has 3 heterocycles. The molecule has 0 amide bonds. The predicted octanol–water partition coefficient (Wildman–Crippen LogP) is 3.63. The third-order valence-electron chi connectivity index (χ3n) is 6.79. The average Bonchev–Trinajstić information content (AvgIpc) is 3.26. The zero-order chi connectivity index (χ0) is 24.1. The van der Waals surface area contributed by atoms with Crippen molar-refractivity contribution in [1.82, 2.24) is 20.0 Å². The van der Waals surface area contributed by atoms with Crippen LogP contribution < -0.4 is 5.32 Å². The zero-order valence-electron chi connectivity index (χ0n) is 19.8. The lowest BCUT2D eigenvalue weighted by Crippen LogP contribution is -2.40. The number of phenols is 1. The number of rotatable bonds is 4. The number of likely N-dealkylation sites (tertiary alicyclic amines) is 2. The van der Waals surface area contributed by atoms with Crippen LogP contribution in [-0.4, -0.2) is 83.0 Å². The molecule has 2 aliphatic heterocycles. The van der Waals surface area contributed by atoms with Crippen LogP contribution in [0.4, 0.5) is 5.82 Å². The summed E-state index contributed by atoms with van der Waals surface area (Å²) in [6.45, 7) is 4.05. The monoisotopic (exact) mass is 463 g/mol. The number of benzene rings is 2. The Balaban J connectivity index is 0.000000868. The lowest BCUT2D eigenvalue weighted by Gasteiger charge is -2.30. The molecule has 2 aromatic carbocycles. The van der Waals surface area contributed by atoms with Gasteiger partial charge in [-0.1, -0.05) is 30.3 Å². The number of anilines is 1. The van der Waals surface area contributed by atoms with E-state index in [4.69, 9.17) is 9.90 Å². The number of piperidine rings is 1. The van der Waals surface area contributed by atoms with Crippen LogP contribution >= 0.6 is 0 Å². The Morgan fingerprint density at radius 3 is 2.41 bits per heavy atom. The molecule has 3 aromatic rings. The number of likely N-dealkylation sites (N-methyl/N-ethyl adjacent to an activating group) is 2. The Hall–Kier alpha value is -3.23. The lowest BCUT2D eigenvalue weighted by atomic mass is 9.95. The van der Waals surface area contributed by atoms with E-state index in [2.05, 4.69) is 57.6 Å². The summed E-state index contributed by atoms with van der Waals surface area (Å²) in [5, 5.41) is 32.6. The van der Waals surface area contributed by atoms with Gasteiger partial charge in [-0.3, -0.25) is 4.79 Å². The van der Waals surface area contributed by atoms with Gasteiger partial charge in [-0.25, -0.2) is 0 Å². The maximum Gasteiger partial charge on any atom is 0.290 e. The molecule has 0 saturated carbocycles. The Morgan fingerprint density at radius 1 is 1.00 bits per heavy atom. The zero-order valence-corrected chi connectivity index (χ0v) is 19.8. The van der Waals surface area contributed by atoms with E-state index < -0.39 is 0 Å². The topological polar surface area (TPSA) is 102 Å². The Bertz CT molecular complexity index is 1140. The number of fused-ring (bicyclic) bond motifs is 1.